The van der Waals surface area contributed by atoms with E-state index < -0.39 is 10.0 Å². The maximum Gasteiger partial charge on any atom is 0.240 e. The molecule has 5 nitrogen and oxygen atoms in total. The number of hydrogen-bond acceptors (Lipinski definition) is 3. The Labute approximate surface area is 161 Å². The van der Waals surface area contributed by atoms with Crippen molar-refractivity contribution in [2.45, 2.75) is 49.8 Å². The van der Waals surface area contributed by atoms with Crippen LogP contribution in [0.25, 0.3) is 10.8 Å². The number of sulfonamides is 1. The molecule has 27 heavy (non-hydrogen) atoms. The Balaban J connectivity index is 1.33. The molecule has 2 N–H and O–H groups in total. The van der Waals surface area contributed by atoms with Gasteiger partial charge in [-0.05, 0) is 42.2 Å². The Morgan fingerprint density at radius 2 is 1.63 bits per heavy atom. The lowest BCUT2D eigenvalue weighted by Gasteiger charge is -2.08. The Hall–Kier alpha value is -2.18. The molecule has 1 aromatic heterocycles. The molecule has 0 saturated heterocycles. The van der Waals surface area contributed by atoms with Gasteiger partial charge in [-0.25, -0.2) is 18.1 Å². The Morgan fingerprint density at radius 3 is 2.41 bits per heavy atom. The predicted molar refractivity (Wildman–Crippen MR) is 109 cm³/mol. The van der Waals surface area contributed by atoms with E-state index in [1.165, 1.54) is 18.5 Å². The summed E-state index contributed by atoms with van der Waals surface area (Å²) in [5.74, 6) is 0. The van der Waals surface area contributed by atoms with Gasteiger partial charge in [-0.15, -0.1) is 0 Å². The summed E-state index contributed by atoms with van der Waals surface area (Å²) >= 11 is 0. The molecule has 0 aliphatic heterocycles. The van der Waals surface area contributed by atoms with Crippen LogP contribution in [0.3, 0.4) is 0 Å². The number of hydrogen-bond donors (Lipinski definition) is 2. The molecule has 0 unspecified atom stereocenters. The molecular weight excluding hydrogens is 358 g/mol. The standard InChI is InChI=1S/C21H27N3O2S/c25-27(26,21-13-12-18-9-6-7-10-19(18)15-21)24-14-8-4-2-1-3-5-11-20-16-22-17-23-20/h6-7,9-10,12-13,15-17,24H,1-5,8,11,14H2,(H,22,23). The first kappa shape index (κ1) is 19.6. The van der Waals surface area contributed by atoms with E-state index in [9.17, 15) is 8.42 Å². The topological polar surface area (TPSA) is 74.8 Å². The molecule has 144 valence electrons. The molecule has 3 aromatic rings. The number of nitrogens with one attached hydrogen (secondary N) is 2. The van der Waals surface area contributed by atoms with E-state index in [4.69, 9.17) is 0 Å². The maximum absolute atomic E-state index is 12.4. The highest BCUT2D eigenvalue weighted by atomic mass is 32.2. The van der Waals surface area contributed by atoms with Crippen molar-refractivity contribution in [3.8, 4) is 0 Å². The van der Waals surface area contributed by atoms with Crippen molar-refractivity contribution in [2.24, 2.45) is 0 Å². The van der Waals surface area contributed by atoms with Crippen molar-refractivity contribution < 1.29 is 8.42 Å². The van der Waals surface area contributed by atoms with E-state index in [1.807, 2.05) is 36.5 Å². The third kappa shape index (κ3) is 5.91. The summed E-state index contributed by atoms with van der Waals surface area (Å²) in [6.45, 7) is 0.489. The summed E-state index contributed by atoms with van der Waals surface area (Å²) in [6.07, 6.45) is 11.2. The van der Waals surface area contributed by atoms with E-state index in [-0.39, 0.29) is 0 Å². The number of fused-ring (bicyclic) bond motifs is 1. The molecule has 0 amide bonds. The second-order valence-corrected chi connectivity index (χ2v) is 8.62. The zero-order valence-corrected chi connectivity index (χ0v) is 16.3. The fourth-order valence-electron chi connectivity index (χ4n) is 3.19. The van der Waals surface area contributed by atoms with Gasteiger partial charge in [-0.1, -0.05) is 56.0 Å². The zero-order valence-electron chi connectivity index (χ0n) is 15.5. The van der Waals surface area contributed by atoms with Crippen molar-refractivity contribution >= 4 is 20.8 Å². The molecule has 0 aliphatic carbocycles. The second kappa shape index (κ2) is 9.67. The molecule has 0 atom stereocenters. The maximum atomic E-state index is 12.4. The predicted octanol–water partition coefficient (Wildman–Crippen LogP) is 4.42. The summed E-state index contributed by atoms with van der Waals surface area (Å²) in [5.41, 5.74) is 1.19. The molecule has 0 saturated carbocycles. The highest BCUT2D eigenvalue weighted by Gasteiger charge is 2.13. The quantitative estimate of drug-likeness (QED) is 0.480. The van der Waals surface area contributed by atoms with Gasteiger partial charge in [0, 0.05) is 18.4 Å². The minimum Gasteiger partial charge on any atom is -0.348 e. The van der Waals surface area contributed by atoms with Crippen LogP contribution in [0.1, 0.15) is 44.2 Å². The molecule has 0 radical (unpaired) electrons. The number of aromatic nitrogens is 2. The number of nitrogens with zero attached hydrogens (tertiary/aromatic N) is 1. The molecule has 0 fully saturated rings. The van der Waals surface area contributed by atoms with Crippen LogP contribution in [0.4, 0.5) is 0 Å². The fraction of sp³-hybridized carbons (Fsp3) is 0.381. The molecule has 0 spiro atoms. The number of rotatable bonds is 11. The van der Waals surface area contributed by atoms with Crippen molar-refractivity contribution in [1.29, 1.82) is 0 Å². The van der Waals surface area contributed by atoms with Gasteiger partial charge in [0.2, 0.25) is 10.0 Å². The first-order valence-corrected chi connectivity index (χ1v) is 11.1. The minimum absolute atomic E-state index is 0.333. The monoisotopic (exact) mass is 385 g/mol. The molecular formula is C21H27N3O2S. The van der Waals surface area contributed by atoms with Gasteiger partial charge in [0.25, 0.3) is 0 Å². The first-order chi connectivity index (χ1) is 13.1. The van der Waals surface area contributed by atoms with Gasteiger partial charge < -0.3 is 4.98 Å². The number of H-pyrrole nitrogens is 1. The van der Waals surface area contributed by atoms with E-state index in [2.05, 4.69) is 14.7 Å². The van der Waals surface area contributed by atoms with Gasteiger partial charge in [0.05, 0.1) is 11.2 Å². The SMILES string of the molecule is O=S(=O)(NCCCCCCCCc1cnc[nH]1)c1ccc2ccccc2c1. The third-order valence-corrected chi connectivity index (χ3v) is 6.21. The molecule has 1 heterocycles. The molecule has 2 aromatic carbocycles. The lowest BCUT2D eigenvalue weighted by molar-refractivity contribution is 0.564. The number of benzene rings is 2. The second-order valence-electron chi connectivity index (χ2n) is 6.85. The number of imidazole rings is 1. The van der Waals surface area contributed by atoms with E-state index in [0.717, 1.165) is 42.9 Å². The lowest BCUT2D eigenvalue weighted by atomic mass is 10.1. The van der Waals surface area contributed by atoms with E-state index >= 15 is 0 Å². The van der Waals surface area contributed by atoms with Crippen LogP contribution in [0.2, 0.25) is 0 Å². The van der Waals surface area contributed by atoms with Crippen LogP contribution in [0.15, 0.2) is 59.9 Å². The van der Waals surface area contributed by atoms with Crippen LogP contribution in [-0.2, 0) is 16.4 Å². The van der Waals surface area contributed by atoms with Crippen molar-refractivity contribution in [1.82, 2.24) is 14.7 Å². The molecule has 6 heteroatoms. The highest BCUT2D eigenvalue weighted by Crippen LogP contribution is 2.18. The Morgan fingerprint density at radius 1 is 0.889 bits per heavy atom. The Kier molecular flexibility index (Phi) is 7.01. The van der Waals surface area contributed by atoms with Gasteiger partial charge in [-0.2, -0.15) is 0 Å². The Bertz CT molecular complexity index is 937. The molecule has 0 aliphatic rings. The fourth-order valence-corrected chi connectivity index (χ4v) is 4.30. The molecule has 0 bridgehead atoms. The van der Waals surface area contributed by atoms with Crippen LogP contribution in [-0.4, -0.2) is 24.9 Å². The van der Waals surface area contributed by atoms with Crippen molar-refractivity contribution in [3.05, 3.63) is 60.7 Å². The van der Waals surface area contributed by atoms with Crippen LogP contribution >= 0.6 is 0 Å². The van der Waals surface area contributed by atoms with E-state index in [0.29, 0.717) is 11.4 Å². The van der Waals surface area contributed by atoms with Gasteiger partial charge in [0.1, 0.15) is 0 Å². The number of unbranched alkanes of at least 4 members (excludes halogenated alkanes) is 5. The third-order valence-electron chi connectivity index (χ3n) is 4.75. The van der Waals surface area contributed by atoms with Gasteiger partial charge in [-0.3, -0.25) is 0 Å². The zero-order chi connectivity index (χ0) is 19.0. The van der Waals surface area contributed by atoms with Crippen LogP contribution in [0.5, 0.6) is 0 Å². The van der Waals surface area contributed by atoms with Crippen LogP contribution in [0, 0.1) is 0 Å². The van der Waals surface area contributed by atoms with E-state index in [1.54, 1.807) is 18.5 Å². The molecule has 3 rings (SSSR count). The minimum atomic E-state index is -3.44. The smallest absolute Gasteiger partial charge is 0.240 e. The normalized spacial score (nSPS) is 11.9. The lowest BCUT2D eigenvalue weighted by Crippen LogP contribution is -2.24. The average Bonchev–Trinajstić information content (AvgIpc) is 3.19. The van der Waals surface area contributed by atoms with Crippen LogP contribution < -0.4 is 4.72 Å². The summed E-state index contributed by atoms with van der Waals surface area (Å²) < 4.78 is 27.6. The summed E-state index contributed by atoms with van der Waals surface area (Å²) in [6, 6.07) is 13.0. The van der Waals surface area contributed by atoms with Crippen molar-refractivity contribution in [2.75, 3.05) is 6.54 Å². The van der Waals surface area contributed by atoms with Gasteiger partial charge >= 0.3 is 0 Å². The van der Waals surface area contributed by atoms with Gasteiger partial charge in [0.15, 0.2) is 0 Å². The first-order valence-electron chi connectivity index (χ1n) is 9.61. The summed E-state index contributed by atoms with van der Waals surface area (Å²) in [5, 5.41) is 1.99. The number of aryl methyl sites for hydroxylation is 1. The summed E-state index contributed by atoms with van der Waals surface area (Å²) in [7, 11) is -3.44. The number of aromatic amines is 1. The average molecular weight is 386 g/mol. The highest BCUT2D eigenvalue weighted by molar-refractivity contribution is 7.89. The largest absolute Gasteiger partial charge is 0.348 e. The van der Waals surface area contributed by atoms with Crippen molar-refractivity contribution in [3.63, 3.8) is 0 Å². The summed E-state index contributed by atoms with van der Waals surface area (Å²) in [4.78, 5) is 7.47.